The molecule has 0 radical (unpaired) electrons. The Balaban J connectivity index is 1.98. The van der Waals surface area contributed by atoms with E-state index in [1.54, 1.807) is 18.2 Å². The first-order valence-corrected chi connectivity index (χ1v) is 6.99. The Morgan fingerprint density at radius 2 is 1.55 bits per heavy atom. The van der Waals surface area contributed by atoms with Gasteiger partial charge >= 0.3 is 5.97 Å². The van der Waals surface area contributed by atoms with Gasteiger partial charge in [-0.3, -0.25) is 0 Å². The van der Waals surface area contributed by atoms with Gasteiger partial charge in [0, 0.05) is 4.47 Å². The molecule has 20 heavy (non-hydrogen) atoms. The number of hydrogen-bond acceptors (Lipinski definition) is 2. The first kappa shape index (κ1) is 12.9. The second kappa shape index (κ2) is 5.47. The Morgan fingerprint density at radius 1 is 0.850 bits per heavy atom. The number of carbonyl (C=O) groups is 1. The average molecular weight is 327 g/mol. The quantitative estimate of drug-likeness (QED) is 0.498. The van der Waals surface area contributed by atoms with Crippen molar-refractivity contribution in [2.75, 3.05) is 0 Å². The number of carbonyl (C=O) groups excluding carboxylic acids is 1. The van der Waals surface area contributed by atoms with Gasteiger partial charge in [0.1, 0.15) is 5.75 Å². The molecule has 0 fully saturated rings. The zero-order valence-corrected chi connectivity index (χ0v) is 12.1. The second-order valence-electron chi connectivity index (χ2n) is 4.35. The molecule has 2 nitrogen and oxygen atoms in total. The van der Waals surface area contributed by atoms with Gasteiger partial charge in [-0.05, 0) is 44.9 Å². The summed E-state index contributed by atoms with van der Waals surface area (Å²) in [4.78, 5) is 12.2. The summed E-state index contributed by atoms with van der Waals surface area (Å²) >= 11 is 3.49. The van der Waals surface area contributed by atoms with Crippen molar-refractivity contribution < 1.29 is 9.53 Å². The molecule has 0 unspecified atom stereocenters. The zero-order chi connectivity index (χ0) is 13.9. The van der Waals surface area contributed by atoms with Gasteiger partial charge in [0.05, 0.1) is 5.56 Å². The summed E-state index contributed by atoms with van der Waals surface area (Å²) in [6.07, 6.45) is 0. The standard InChI is InChI=1S/C17H11BrO2/c18-16-14-9-5-4-6-12(14)10-11-15(16)17(19)20-13-7-2-1-3-8-13/h1-11H. The van der Waals surface area contributed by atoms with Gasteiger partial charge in [0.15, 0.2) is 0 Å². The minimum Gasteiger partial charge on any atom is -0.423 e. The van der Waals surface area contributed by atoms with Crippen LogP contribution in [0, 0.1) is 0 Å². The molecule has 98 valence electrons. The molecular formula is C17H11BrO2. The van der Waals surface area contributed by atoms with E-state index in [0.29, 0.717) is 11.3 Å². The number of para-hydroxylation sites is 1. The van der Waals surface area contributed by atoms with Gasteiger partial charge in [-0.2, -0.15) is 0 Å². The molecule has 0 heterocycles. The molecule has 0 N–H and O–H groups in total. The summed E-state index contributed by atoms with van der Waals surface area (Å²) in [5.41, 5.74) is 0.521. The highest BCUT2D eigenvalue weighted by atomic mass is 79.9. The van der Waals surface area contributed by atoms with Crippen molar-refractivity contribution in [3.8, 4) is 5.75 Å². The molecule has 0 bridgehead atoms. The normalized spacial score (nSPS) is 10.4. The molecule has 0 atom stereocenters. The number of benzene rings is 3. The summed E-state index contributed by atoms with van der Waals surface area (Å²) in [5, 5.41) is 2.07. The highest BCUT2D eigenvalue weighted by Gasteiger charge is 2.14. The van der Waals surface area contributed by atoms with Crippen LogP contribution in [-0.2, 0) is 0 Å². The molecule has 0 aliphatic heterocycles. The van der Waals surface area contributed by atoms with E-state index in [2.05, 4.69) is 15.9 Å². The molecule has 0 amide bonds. The fraction of sp³-hybridized carbons (Fsp3) is 0. The van der Waals surface area contributed by atoms with Crippen LogP contribution in [-0.4, -0.2) is 5.97 Å². The molecule has 3 aromatic rings. The van der Waals surface area contributed by atoms with Crippen LogP contribution in [0.2, 0.25) is 0 Å². The minimum absolute atomic E-state index is 0.367. The molecule has 0 saturated carbocycles. The number of fused-ring (bicyclic) bond motifs is 1. The third kappa shape index (κ3) is 2.45. The van der Waals surface area contributed by atoms with E-state index < -0.39 is 0 Å². The Labute approximate surface area is 125 Å². The van der Waals surface area contributed by atoms with E-state index in [4.69, 9.17) is 4.74 Å². The maximum atomic E-state index is 12.2. The van der Waals surface area contributed by atoms with E-state index in [1.807, 2.05) is 48.5 Å². The molecule has 3 rings (SSSR count). The monoisotopic (exact) mass is 326 g/mol. The fourth-order valence-corrected chi connectivity index (χ4v) is 2.70. The first-order valence-electron chi connectivity index (χ1n) is 6.20. The Morgan fingerprint density at radius 3 is 2.35 bits per heavy atom. The molecule has 0 spiro atoms. The van der Waals surface area contributed by atoms with E-state index in [-0.39, 0.29) is 5.97 Å². The minimum atomic E-state index is -0.367. The van der Waals surface area contributed by atoms with Crippen molar-refractivity contribution >= 4 is 32.7 Å². The first-order chi connectivity index (χ1) is 9.75. The molecular weight excluding hydrogens is 316 g/mol. The van der Waals surface area contributed by atoms with Crippen LogP contribution in [0.4, 0.5) is 0 Å². The van der Waals surface area contributed by atoms with Gasteiger partial charge in [-0.25, -0.2) is 4.79 Å². The van der Waals surface area contributed by atoms with E-state index in [0.717, 1.165) is 15.2 Å². The third-order valence-electron chi connectivity index (χ3n) is 3.04. The number of esters is 1. The number of ether oxygens (including phenoxy) is 1. The van der Waals surface area contributed by atoms with Crippen molar-refractivity contribution in [2.45, 2.75) is 0 Å². The van der Waals surface area contributed by atoms with Gasteiger partial charge in [0.2, 0.25) is 0 Å². The van der Waals surface area contributed by atoms with Crippen LogP contribution >= 0.6 is 15.9 Å². The third-order valence-corrected chi connectivity index (χ3v) is 3.89. The Hall–Kier alpha value is -2.13. The Bertz CT molecular complexity index is 766. The van der Waals surface area contributed by atoms with Crippen molar-refractivity contribution in [1.29, 1.82) is 0 Å². The van der Waals surface area contributed by atoms with Crippen LogP contribution < -0.4 is 4.74 Å². The summed E-state index contributed by atoms with van der Waals surface area (Å²) < 4.78 is 6.12. The van der Waals surface area contributed by atoms with Crippen molar-refractivity contribution in [2.24, 2.45) is 0 Å². The molecule has 3 heteroatoms. The maximum absolute atomic E-state index is 12.2. The lowest BCUT2D eigenvalue weighted by Crippen LogP contribution is -2.09. The van der Waals surface area contributed by atoms with Crippen LogP contribution in [0.5, 0.6) is 5.75 Å². The summed E-state index contributed by atoms with van der Waals surface area (Å²) in [6.45, 7) is 0. The number of rotatable bonds is 2. The second-order valence-corrected chi connectivity index (χ2v) is 5.14. The van der Waals surface area contributed by atoms with Gasteiger partial charge < -0.3 is 4.74 Å². The summed E-state index contributed by atoms with van der Waals surface area (Å²) in [5.74, 6) is 0.173. The van der Waals surface area contributed by atoms with Crippen LogP contribution in [0.25, 0.3) is 10.8 Å². The van der Waals surface area contributed by atoms with E-state index in [1.165, 1.54) is 0 Å². The molecule has 3 aromatic carbocycles. The lowest BCUT2D eigenvalue weighted by Gasteiger charge is -2.08. The predicted molar refractivity (Wildman–Crippen MR) is 83.0 cm³/mol. The van der Waals surface area contributed by atoms with Gasteiger partial charge in [-0.1, -0.05) is 48.5 Å². The fourth-order valence-electron chi connectivity index (χ4n) is 2.04. The highest BCUT2D eigenvalue weighted by molar-refractivity contribution is 9.10. The van der Waals surface area contributed by atoms with Crippen LogP contribution in [0.15, 0.2) is 71.2 Å². The molecule has 0 aliphatic carbocycles. The summed E-state index contributed by atoms with van der Waals surface area (Å²) in [7, 11) is 0. The van der Waals surface area contributed by atoms with Crippen LogP contribution in [0.1, 0.15) is 10.4 Å². The van der Waals surface area contributed by atoms with Crippen LogP contribution in [0.3, 0.4) is 0 Å². The lowest BCUT2D eigenvalue weighted by molar-refractivity contribution is 0.0734. The molecule has 0 aliphatic rings. The van der Waals surface area contributed by atoms with Crippen molar-refractivity contribution in [3.63, 3.8) is 0 Å². The lowest BCUT2D eigenvalue weighted by atomic mass is 10.1. The van der Waals surface area contributed by atoms with E-state index >= 15 is 0 Å². The van der Waals surface area contributed by atoms with Gasteiger partial charge in [0.25, 0.3) is 0 Å². The Kier molecular flexibility index (Phi) is 3.52. The van der Waals surface area contributed by atoms with Crippen molar-refractivity contribution in [1.82, 2.24) is 0 Å². The molecule has 0 aromatic heterocycles. The zero-order valence-electron chi connectivity index (χ0n) is 10.5. The predicted octanol–water partition coefficient (Wildman–Crippen LogP) is 4.82. The maximum Gasteiger partial charge on any atom is 0.344 e. The smallest absolute Gasteiger partial charge is 0.344 e. The van der Waals surface area contributed by atoms with E-state index in [9.17, 15) is 4.79 Å². The van der Waals surface area contributed by atoms with Gasteiger partial charge in [-0.15, -0.1) is 0 Å². The SMILES string of the molecule is O=C(Oc1ccccc1)c1ccc2ccccc2c1Br. The molecule has 0 saturated heterocycles. The largest absolute Gasteiger partial charge is 0.423 e. The summed E-state index contributed by atoms with van der Waals surface area (Å²) in [6, 6.07) is 20.6. The topological polar surface area (TPSA) is 26.3 Å². The van der Waals surface area contributed by atoms with Crippen molar-refractivity contribution in [3.05, 3.63) is 76.8 Å². The number of hydrogen-bond donors (Lipinski definition) is 0. The average Bonchev–Trinajstić information content (AvgIpc) is 2.49. The number of halogens is 1. The highest BCUT2D eigenvalue weighted by Crippen LogP contribution is 2.28.